The summed E-state index contributed by atoms with van der Waals surface area (Å²) in [6, 6.07) is 9.78. The van der Waals surface area contributed by atoms with Gasteiger partial charge in [-0.1, -0.05) is 69.3 Å². The van der Waals surface area contributed by atoms with Crippen LogP contribution in [-0.4, -0.2) is 23.5 Å². The maximum absolute atomic E-state index is 12.7. The van der Waals surface area contributed by atoms with Crippen LogP contribution in [0.5, 0.6) is 0 Å². The summed E-state index contributed by atoms with van der Waals surface area (Å²) >= 11 is 0. The van der Waals surface area contributed by atoms with Crippen LogP contribution in [0.2, 0.25) is 0 Å². The van der Waals surface area contributed by atoms with Crippen molar-refractivity contribution in [2.24, 2.45) is 11.3 Å². The van der Waals surface area contributed by atoms with E-state index >= 15 is 0 Å². The van der Waals surface area contributed by atoms with Crippen LogP contribution in [0.25, 0.3) is 0 Å². The predicted molar refractivity (Wildman–Crippen MR) is 116 cm³/mol. The Labute approximate surface area is 183 Å². The fraction of sp³-hybridized carbons (Fsp3) is 0.400. The Morgan fingerprint density at radius 3 is 2.23 bits per heavy atom. The number of hydrogen-bond donors (Lipinski definition) is 0. The average Bonchev–Trinajstić information content (AvgIpc) is 2.88. The van der Waals surface area contributed by atoms with Gasteiger partial charge in [-0.2, -0.15) is 0 Å². The predicted octanol–water partition coefficient (Wildman–Crippen LogP) is 4.66. The minimum absolute atomic E-state index is 0.0465. The summed E-state index contributed by atoms with van der Waals surface area (Å²) in [6.07, 6.45) is 9.01. The lowest BCUT2D eigenvalue weighted by Crippen LogP contribution is -2.49. The van der Waals surface area contributed by atoms with E-state index < -0.39 is 34.8 Å². The molecule has 166 valence electrons. The number of hydrogen-bond acceptors (Lipinski definition) is 6. The van der Waals surface area contributed by atoms with Gasteiger partial charge in [0.25, 0.3) is 5.79 Å². The van der Waals surface area contributed by atoms with E-state index in [9.17, 15) is 14.4 Å². The van der Waals surface area contributed by atoms with Gasteiger partial charge in [0.15, 0.2) is 5.78 Å². The van der Waals surface area contributed by atoms with Crippen LogP contribution < -0.4 is 0 Å². The summed E-state index contributed by atoms with van der Waals surface area (Å²) in [6.45, 7) is 9.17. The normalized spacial score (nSPS) is 22.3. The quantitative estimate of drug-likeness (QED) is 0.486. The summed E-state index contributed by atoms with van der Waals surface area (Å²) in [4.78, 5) is 37.0. The van der Waals surface area contributed by atoms with E-state index in [2.05, 4.69) is 0 Å². The van der Waals surface area contributed by atoms with Gasteiger partial charge in [0.2, 0.25) is 5.92 Å². The number of carbonyl (C=O) groups is 3. The molecule has 31 heavy (non-hydrogen) atoms. The van der Waals surface area contributed by atoms with Gasteiger partial charge in [-0.25, -0.2) is 0 Å². The zero-order chi connectivity index (χ0) is 23.1. The van der Waals surface area contributed by atoms with Crippen molar-refractivity contribution in [2.45, 2.75) is 53.4 Å². The van der Waals surface area contributed by atoms with Crippen molar-refractivity contribution < 1.29 is 28.6 Å². The van der Waals surface area contributed by atoms with Gasteiger partial charge >= 0.3 is 11.9 Å². The molecule has 0 amide bonds. The Morgan fingerprint density at radius 1 is 1.00 bits per heavy atom. The number of ketones is 1. The van der Waals surface area contributed by atoms with Crippen LogP contribution in [0.3, 0.4) is 0 Å². The minimum atomic E-state index is -1.55. The van der Waals surface area contributed by atoms with Crippen LogP contribution in [0.1, 0.15) is 46.6 Å². The Bertz CT molecular complexity index is 874. The van der Waals surface area contributed by atoms with Gasteiger partial charge < -0.3 is 14.2 Å². The lowest BCUT2D eigenvalue weighted by molar-refractivity contribution is -0.238. The van der Waals surface area contributed by atoms with Crippen LogP contribution in [0.15, 0.2) is 66.5 Å². The number of benzene rings is 1. The third-order valence-electron chi connectivity index (χ3n) is 4.66. The molecule has 6 heteroatoms. The molecule has 0 aromatic heterocycles. The molecule has 1 atom stereocenters. The molecule has 1 fully saturated rings. The smallest absolute Gasteiger partial charge is 0.331 e. The van der Waals surface area contributed by atoms with Gasteiger partial charge in [0.05, 0.1) is 0 Å². The molecule has 0 saturated carbocycles. The molecule has 0 spiro atoms. The third kappa shape index (κ3) is 6.67. The minimum Gasteiger partial charge on any atom is -0.489 e. The van der Waals surface area contributed by atoms with E-state index in [-0.39, 0.29) is 6.42 Å². The summed E-state index contributed by atoms with van der Waals surface area (Å²) in [7, 11) is 0. The van der Waals surface area contributed by atoms with Crippen molar-refractivity contribution in [3.05, 3.63) is 72.0 Å². The summed E-state index contributed by atoms with van der Waals surface area (Å²) in [5.41, 5.74) is 0.365. The van der Waals surface area contributed by atoms with Gasteiger partial charge in [-0.15, -0.1) is 0 Å². The Kier molecular flexibility index (Phi) is 7.97. The molecule has 1 aromatic rings. The van der Waals surface area contributed by atoms with E-state index in [0.717, 1.165) is 5.56 Å². The highest BCUT2D eigenvalue weighted by Gasteiger charge is 2.47. The maximum Gasteiger partial charge on any atom is 0.331 e. The first-order valence-corrected chi connectivity index (χ1v) is 10.4. The fourth-order valence-electron chi connectivity index (χ4n) is 3.16. The van der Waals surface area contributed by atoms with Gasteiger partial charge in [-0.3, -0.25) is 14.4 Å². The number of rotatable bonds is 6. The molecule has 0 radical (unpaired) electrons. The highest BCUT2D eigenvalue weighted by molar-refractivity contribution is 6.16. The van der Waals surface area contributed by atoms with Gasteiger partial charge in [-0.05, 0) is 17.7 Å². The molecular formula is C25H30O6. The average molecular weight is 427 g/mol. The lowest BCUT2D eigenvalue weighted by atomic mass is 9.81. The van der Waals surface area contributed by atoms with E-state index in [1.807, 2.05) is 63.3 Å². The molecule has 1 saturated heterocycles. The molecule has 1 aliphatic carbocycles. The number of ether oxygens (including phenoxy) is 3. The van der Waals surface area contributed by atoms with Gasteiger partial charge in [0.1, 0.15) is 12.4 Å². The van der Waals surface area contributed by atoms with E-state index in [1.165, 1.54) is 13.8 Å². The molecule has 6 nitrogen and oxygen atoms in total. The van der Waals surface area contributed by atoms with Crippen LogP contribution in [-0.2, 0) is 35.2 Å². The highest BCUT2D eigenvalue weighted by atomic mass is 16.7. The zero-order valence-corrected chi connectivity index (χ0v) is 18.7. The fourth-order valence-corrected chi connectivity index (χ4v) is 3.16. The largest absolute Gasteiger partial charge is 0.489 e. The lowest BCUT2D eigenvalue weighted by Gasteiger charge is -2.33. The number of cyclic esters (lactones) is 2. The molecule has 1 aliphatic heterocycles. The Hall–Kier alpha value is -3.15. The summed E-state index contributed by atoms with van der Waals surface area (Å²) < 4.78 is 15.9. The second-order valence-electron chi connectivity index (χ2n) is 7.86. The molecule has 1 unspecified atom stereocenters. The Balaban J connectivity index is 0.00000166. The topological polar surface area (TPSA) is 78.9 Å². The monoisotopic (exact) mass is 426 g/mol. The SMILES string of the molecule is CC.CC1(CC(=O)C2C(=O)OC(C)(C)OC2=O)C=CC=C(OCc2ccccc2)C=C1. The van der Waals surface area contributed by atoms with E-state index in [1.54, 1.807) is 18.2 Å². The van der Waals surface area contributed by atoms with Crippen molar-refractivity contribution in [2.75, 3.05) is 0 Å². The first kappa shape index (κ1) is 24.1. The molecule has 3 rings (SSSR count). The third-order valence-corrected chi connectivity index (χ3v) is 4.66. The molecule has 2 aliphatic rings. The second kappa shape index (κ2) is 10.2. The molecule has 1 aromatic carbocycles. The number of allylic oxidation sites excluding steroid dienone is 5. The highest BCUT2D eigenvalue weighted by Crippen LogP contribution is 2.32. The van der Waals surface area contributed by atoms with Gasteiger partial charge in [0, 0.05) is 25.7 Å². The van der Waals surface area contributed by atoms with E-state index in [4.69, 9.17) is 14.2 Å². The molecule has 1 heterocycles. The second-order valence-corrected chi connectivity index (χ2v) is 7.86. The number of carbonyl (C=O) groups excluding carboxylic acids is 3. The molecular weight excluding hydrogens is 396 g/mol. The first-order valence-electron chi connectivity index (χ1n) is 10.4. The van der Waals surface area contributed by atoms with E-state index in [0.29, 0.717) is 12.4 Å². The summed E-state index contributed by atoms with van der Waals surface area (Å²) in [5, 5.41) is 0. The Morgan fingerprint density at radius 2 is 1.61 bits per heavy atom. The number of esters is 2. The summed E-state index contributed by atoms with van der Waals surface area (Å²) in [5.74, 6) is -4.53. The molecule has 0 N–H and O–H groups in total. The van der Waals surface area contributed by atoms with Crippen LogP contribution in [0, 0.1) is 11.3 Å². The molecule has 0 bridgehead atoms. The van der Waals surface area contributed by atoms with Crippen molar-refractivity contribution >= 4 is 17.7 Å². The van der Waals surface area contributed by atoms with Crippen molar-refractivity contribution in [1.29, 1.82) is 0 Å². The zero-order valence-electron chi connectivity index (χ0n) is 18.7. The van der Waals surface area contributed by atoms with Crippen molar-refractivity contribution in [3.63, 3.8) is 0 Å². The maximum atomic E-state index is 12.7. The van der Waals surface area contributed by atoms with Crippen molar-refractivity contribution in [1.82, 2.24) is 0 Å². The standard InChI is InChI=1S/C23H24O6.C2H6/c1-22(2)28-20(25)19(21(26)29-22)18(24)14-23(3)12-7-10-17(11-13-23)27-15-16-8-5-4-6-9-16;1-2/h4-13,19H,14-15H2,1-3H3;1-2H3. The first-order chi connectivity index (χ1) is 14.7. The van der Waals surface area contributed by atoms with Crippen LogP contribution in [0.4, 0.5) is 0 Å². The van der Waals surface area contributed by atoms with Crippen LogP contribution >= 0.6 is 0 Å². The number of Topliss-reactive ketones (excluding diaryl/α,β-unsaturated/α-hetero) is 1. The van der Waals surface area contributed by atoms with Crippen molar-refractivity contribution in [3.8, 4) is 0 Å².